The molecule has 0 fully saturated rings. The van der Waals surface area contributed by atoms with E-state index in [0.717, 1.165) is 74.3 Å². The van der Waals surface area contributed by atoms with Crippen molar-refractivity contribution in [1.29, 1.82) is 0 Å². The summed E-state index contributed by atoms with van der Waals surface area (Å²) in [6.07, 6.45) is 13.5. The molecule has 5 rings (SSSR count). The highest BCUT2D eigenvalue weighted by Gasteiger charge is 2.22. The maximum absolute atomic E-state index is 5.22. The summed E-state index contributed by atoms with van der Waals surface area (Å²) in [4.78, 5) is 14.3. The second-order valence-electron chi connectivity index (χ2n) is 10.8. The Balaban J connectivity index is 0.00000387. The largest absolute Gasteiger partial charge is 0.354 e. The smallest absolute Gasteiger partial charge is 0.0722 e. The molecule has 8 bridgehead atoms. The molecule has 0 aromatic carbocycles. The van der Waals surface area contributed by atoms with Gasteiger partial charge in [0.2, 0.25) is 0 Å². The van der Waals surface area contributed by atoms with Gasteiger partial charge in [-0.15, -0.1) is 0 Å². The zero-order chi connectivity index (χ0) is 28.6. The summed E-state index contributed by atoms with van der Waals surface area (Å²) in [5.41, 5.74) is 19.4. The lowest BCUT2D eigenvalue weighted by Gasteiger charge is -2.09. The van der Waals surface area contributed by atoms with Gasteiger partial charge in [-0.3, -0.25) is 4.70 Å². The van der Waals surface area contributed by atoms with Gasteiger partial charge in [0.15, 0.2) is 0 Å². The van der Waals surface area contributed by atoms with E-state index in [4.69, 9.17) is 9.97 Å². The second kappa shape index (κ2) is 12.6. The predicted molar refractivity (Wildman–Crippen MR) is 176 cm³/mol. The molecule has 3 aromatic heterocycles. The Labute approximate surface area is 245 Å². The van der Waals surface area contributed by atoms with Gasteiger partial charge in [-0.2, -0.15) is 0 Å². The van der Waals surface area contributed by atoms with Gasteiger partial charge in [-0.05, 0) is 116 Å². The molecule has 0 aliphatic carbocycles. The zero-order valence-corrected chi connectivity index (χ0v) is 26.3. The number of aromatic amines is 1. The van der Waals surface area contributed by atoms with Crippen LogP contribution in [0.3, 0.4) is 0 Å². The molecule has 0 unspecified atom stereocenters. The minimum absolute atomic E-state index is 0. The SMILES string of the molecule is CCC1=Cc2cc3nc(cc4c(CC)c(CC)c(c(CC)c5[nH]c(c(CC)c1n2)c(CC)c5CC)n4CC)C=C3.F. The number of rotatable bonds is 8. The Hall–Kier alpha value is -3.47. The van der Waals surface area contributed by atoms with Crippen LogP contribution in [0, 0.1) is 0 Å². The van der Waals surface area contributed by atoms with Crippen LogP contribution in [0.2, 0.25) is 0 Å². The summed E-state index contributed by atoms with van der Waals surface area (Å²) in [6.45, 7) is 19.3. The number of H-pyrrole nitrogens is 1. The Kier molecular flexibility index (Phi) is 9.36. The van der Waals surface area contributed by atoms with Crippen molar-refractivity contribution in [2.24, 2.45) is 0 Å². The number of hydrogen-bond donors (Lipinski definition) is 1. The van der Waals surface area contributed by atoms with Crippen molar-refractivity contribution in [3.05, 3.63) is 68.3 Å². The number of nitrogens with zero attached hydrogens (tertiary/aromatic N) is 3. The first-order valence-electron chi connectivity index (χ1n) is 15.7. The van der Waals surface area contributed by atoms with E-state index in [1.54, 1.807) is 0 Å². The van der Waals surface area contributed by atoms with E-state index in [0.29, 0.717) is 0 Å². The minimum atomic E-state index is 0. The molecule has 0 amide bonds. The minimum Gasteiger partial charge on any atom is -0.354 e. The van der Waals surface area contributed by atoms with E-state index in [1.807, 2.05) is 0 Å². The van der Waals surface area contributed by atoms with Gasteiger partial charge in [0.1, 0.15) is 0 Å². The van der Waals surface area contributed by atoms with Crippen molar-refractivity contribution in [3.8, 4) is 0 Å². The van der Waals surface area contributed by atoms with Crippen molar-refractivity contribution < 1.29 is 4.70 Å². The van der Waals surface area contributed by atoms with Crippen LogP contribution in [0.25, 0.3) is 45.9 Å². The molecule has 0 saturated heterocycles. The monoisotopic (exact) mass is 554 g/mol. The maximum Gasteiger partial charge on any atom is 0.0722 e. The summed E-state index contributed by atoms with van der Waals surface area (Å²) in [7, 11) is 0. The van der Waals surface area contributed by atoms with Gasteiger partial charge in [0.25, 0.3) is 0 Å². The van der Waals surface area contributed by atoms with Crippen LogP contribution in [0.1, 0.15) is 118 Å². The first-order valence-corrected chi connectivity index (χ1v) is 15.7. The molecule has 218 valence electrons. The van der Waals surface area contributed by atoms with Crippen LogP contribution >= 0.6 is 0 Å². The topological polar surface area (TPSA) is 46.5 Å². The average Bonchev–Trinajstić information content (AvgIpc) is 3.73. The van der Waals surface area contributed by atoms with Crippen LogP contribution in [0.5, 0.6) is 0 Å². The molecule has 0 spiro atoms. The molecular formula is C36H47FN4. The van der Waals surface area contributed by atoms with Gasteiger partial charge >= 0.3 is 0 Å². The lowest BCUT2D eigenvalue weighted by Crippen LogP contribution is -1.99. The molecule has 5 heteroatoms. The van der Waals surface area contributed by atoms with Crippen molar-refractivity contribution in [1.82, 2.24) is 19.5 Å². The molecule has 2 aliphatic rings. The number of hydrogen-bond acceptors (Lipinski definition) is 2. The standard InChI is InChI=1S/C36H46N4.FH/c1-9-22-19-25-20-23-17-18-24(37-23)21-32-26(10-2)29(13-5)36(40(32)16-8)31(15-7)35-28(12-4)27(11-3)34(39-35)30(14-6)33(22)38-25;/h17-21,39H,9-16H2,1-8H3;1H. The highest BCUT2D eigenvalue weighted by Crippen LogP contribution is 2.36. The molecular weight excluding hydrogens is 507 g/mol. The summed E-state index contributed by atoms with van der Waals surface area (Å²) in [5, 5.41) is 0. The number of aryl methyl sites for hydroxylation is 7. The van der Waals surface area contributed by atoms with Gasteiger partial charge < -0.3 is 9.55 Å². The molecule has 5 heterocycles. The Bertz CT molecular complexity index is 1680. The first kappa shape index (κ1) is 30.5. The number of allylic oxidation sites excluding steroid dienone is 1. The maximum atomic E-state index is 5.22. The number of aromatic nitrogens is 4. The molecule has 4 nitrogen and oxygen atoms in total. The van der Waals surface area contributed by atoms with Gasteiger partial charge in [0, 0.05) is 34.2 Å². The van der Waals surface area contributed by atoms with Gasteiger partial charge in [0.05, 0.1) is 22.8 Å². The molecule has 0 radical (unpaired) electrons. The second-order valence-corrected chi connectivity index (χ2v) is 10.8. The van der Waals surface area contributed by atoms with Crippen molar-refractivity contribution in [3.63, 3.8) is 0 Å². The first-order chi connectivity index (χ1) is 19.5. The van der Waals surface area contributed by atoms with Crippen molar-refractivity contribution in [2.45, 2.75) is 107 Å². The normalized spacial score (nSPS) is 12.5. The number of nitrogens with one attached hydrogen (secondary N) is 1. The third-order valence-corrected chi connectivity index (χ3v) is 8.86. The van der Waals surface area contributed by atoms with Crippen LogP contribution in [-0.2, 0) is 45.1 Å². The Morgan fingerprint density at radius 3 is 1.68 bits per heavy atom. The van der Waals surface area contributed by atoms with E-state index < -0.39 is 0 Å². The van der Waals surface area contributed by atoms with Crippen LogP contribution in [0.4, 0.5) is 4.70 Å². The third kappa shape index (κ3) is 4.98. The lowest BCUT2D eigenvalue weighted by molar-refractivity contribution is 0.816. The van der Waals surface area contributed by atoms with E-state index in [-0.39, 0.29) is 4.70 Å². The fraction of sp³-hybridized carbons (Fsp3) is 0.444. The summed E-state index contributed by atoms with van der Waals surface area (Å²) >= 11 is 0. The van der Waals surface area contributed by atoms with Gasteiger partial charge in [-0.1, -0.05) is 48.5 Å². The molecule has 1 N–H and O–H groups in total. The molecule has 0 atom stereocenters. The molecule has 41 heavy (non-hydrogen) atoms. The summed E-state index contributed by atoms with van der Waals surface area (Å²) < 4.78 is 2.57. The molecule has 0 saturated carbocycles. The fourth-order valence-electron chi connectivity index (χ4n) is 7.09. The van der Waals surface area contributed by atoms with Crippen LogP contribution in [-0.4, -0.2) is 19.5 Å². The number of fused-ring (bicyclic) bond motifs is 8. The summed E-state index contributed by atoms with van der Waals surface area (Å²) in [6, 6.07) is 4.45. The van der Waals surface area contributed by atoms with E-state index >= 15 is 0 Å². The van der Waals surface area contributed by atoms with E-state index in [9.17, 15) is 0 Å². The predicted octanol–water partition coefficient (Wildman–Crippen LogP) is 9.46. The van der Waals surface area contributed by atoms with Crippen LogP contribution < -0.4 is 0 Å². The Morgan fingerprint density at radius 1 is 0.585 bits per heavy atom. The van der Waals surface area contributed by atoms with E-state index in [1.165, 1.54) is 61.0 Å². The van der Waals surface area contributed by atoms with Gasteiger partial charge in [-0.25, -0.2) is 9.97 Å². The van der Waals surface area contributed by atoms with Crippen LogP contribution in [0.15, 0.2) is 12.1 Å². The quantitative estimate of drug-likeness (QED) is 0.236. The number of halogens is 1. The lowest BCUT2D eigenvalue weighted by atomic mass is 9.97. The Morgan fingerprint density at radius 2 is 1.15 bits per heavy atom. The fourth-order valence-corrected chi connectivity index (χ4v) is 7.09. The van der Waals surface area contributed by atoms with Crippen molar-refractivity contribution >= 4 is 45.9 Å². The van der Waals surface area contributed by atoms with E-state index in [2.05, 4.69) is 95.3 Å². The molecule has 3 aromatic rings. The highest BCUT2D eigenvalue weighted by atomic mass is 19.0. The molecule has 2 aliphatic heterocycles. The third-order valence-electron chi connectivity index (χ3n) is 8.86. The highest BCUT2D eigenvalue weighted by molar-refractivity contribution is 5.90. The summed E-state index contributed by atoms with van der Waals surface area (Å²) in [5.74, 6) is 0. The zero-order valence-electron chi connectivity index (χ0n) is 26.3. The van der Waals surface area contributed by atoms with Crippen molar-refractivity contribution in [2.75, 3.05) is 0 Å². The average molecular weight is 555 g/mol.